The van der Waals surface area contributed by atoms with E-state index in [0.717, 1.165) is 11.3 Å². The van der Waals surface area contributed by atoms with Gasteiger partial charge in [-0.1, -0.05) is 18.2 Å². The van der Waals surface area contributed by atoms with Crippen LogP contribution in [0.25, 0.3) is 6.08 Å². The molecule has 0 aliphatic rings. The molecule has 7 heteroatoms. The topological polar surface area (TPSA) is 89.4 Å². The average molecular weight is 341 g/mol. The first kappa shape index (κ1) is 18.0. The fourth-order valence-electron chi connectivity index (χ4n) is 1.97. The van der Waals surface area contributed by atoms with Crippen LogP contribution in [0.5, 0.6) is 5.75 Å². The molecule has 0 aliphatic heterocycles. The minimum atomic E-state index is -0.504. The van der Waals surface area contributed by atoms with Crippen LogP contribution >= 0.6 is 0 Å². The number of nitrogens with one attached hydrogen (secondary N) is 2. The molecular formula is C18H19N3O4. The van der Waals surface area contributed by atoms with E-state index in [-0.39, 0.29) is 12.1 Å². The Hall–Kier alpha value is -3.35. The number of nitrogens with zero attached hydrogens (tertiary/aromatic N) is 1. The number of hydrogen-bond acceptors (Lipinski definition) is 4. The Morgan fingerprint density at radius 2 is 1.88 bits per heavy atom. The van der Waals surface area contributed by atoms with Crippen molar-refractivity contribution < 1.29 is 14.3 Å². The molecule has 0 atom stereocenters. The lowest BCUT2D eigenvalue weighted by Crippen LogP contribution is -2.43. The number of hydrazine groups is 1. The maximum Gasteiger partial charge on any atom is 0.262 e. The van der Waals surface area contributed by atoms with Crippen LogP contribution in [0.3, 0.4) is 0 Å². The summed E-state index contributed by atoms with van der Waals surface area (Å²) in [6, 6.07) is 11.8. The minimum absolute atomic E-state index is 0.178. The zero-order valence-corrected chi connectivity index (χ0v) is 13.8. The van der Waals surface area contributed by atoms with E-state index >= 15 is 0 Å². The van der Waals surface area contributed by atoms with E-state index in [2.05, 4.69) is 10.9 Å². The SMILES string of the molecule is CCOc1ccc(/C=C/C(=O)NNC(=O)Cn2ccccc2=O)cc1. The van der Waals surface area contributed by atoms with E-state index in [1.165, 1.54) is 22.9 Å². The Morgan fingerprint density at radius 1 is 1.12 bits per heavy atom. The van der Waals surface area contributed by atoms with Crippen molar-refractivity contribution in [2.45, 2.75) is 13.5 Å². The van der Waals surface area contributed by atoms with Gasteiger partial charge < -0.3 is 9.30 Å². The van der Waals surface area contributed by atoms with Crippen molar-refractivity contribution in [2.75, 3.05) is 6.61 Å². The Labute approximate surface area is 144 Å². The molecule has 1 heterocycles. The molecule has 25 heavy (non-hydrogen) atoms. The van der Waals surface area contributed by atoms with Gasteiger partial charge in [-0.2, -0.15) is 0 Å². The van der Waals surface area contributed by atoms with E-state index < -0.39 is 11.8 Å². The Morgan fingerprint density at radius 3 is 2.56 bits per heavy atom. The summed E-state index contributed by atoms with van der Waals surface area (Å²) < 4.78 is 6.57. The molecule has 0 spiro atoms. The zero-order chi connectivity index (χ0) is 18.1. The molecule has 0 fully saturated rings. The van der Waals surface area contributed by atoms with Crippen LogP contribution in [0.15, 0.2) is 59.5 Å². The molecule has 0 aliphatic carbocycles. The first-order valence-corrected chi connectivity index (χ1v) is 7.73. The molecule has 2 amide bonds. The molecule has 0 bridgehead atoms. The van der Waals surface area contributed by atoms with Gasteiger partial charge >= 0.3 is 0 Å². The van der Waals surface area contributed by atoms with Gasteiger partial charge in [0.2, 0.25) is 0 Å². The maximum absolute atomic E-state index is 11.7. The molecule has 1 aromatic carbocycles. The Balaban J connectivity index is 1.80. The summed E-state index contributed by atoms with van der Waals surface area (Å²) in [6.07, 6.45) is 4.40. The third-order valence-corrected chi connectivity index (χ3v) is 3.16. The number of amides is 2. The lowest BCUT2D eigenvalue weighted by molar-refractivity contribution is -0.127. The lowest BCUT2D eigenvalue weighted by Gasteiger charge is -2.07. The van der Waals surface area contributed by atoms with Crippen molar-refractivity contribution in [3.63, 3.8) is 0 Å². The van der Waals surface area contributed by atoms with Crippen molar-refractivity contribution in [1.82, 2.24) is 15.4 Å². The van der Waals surface area contributed by atoms with Crippen LogP contribution in [0.1, 0.15) is 12.5 Å². The van der Waals surface area contributed by atoms with E-state index in [9.17, 15) is 14.4 Å². The molecule has 1 aromatic heterocycles. The summed E-state index contributed by atoms with van der Waals surface area (Å²) in [7, 11) is 0. The number of carbonyl (C=O) groups is 2. The van der Waals surface area contributed by atoms with E-state index in [1.807, 2.05) is 19.1 Å². The van der Waals surface area contributed by atoms with Crippen molar-refractivity contribution in [1.29, 1.82) is 0 Å². The van der Waals surface area contributed by atoms with Crippen LogP contribution in [-0.4, -0.2) is 23.0 Å². The predicted molar refractivity (Wildman–Crippen MR) is 93.6 cm³/mol. The second-order valence-electron chi connectivity index (χ2n) is 5.04. The van der Waals surface area contributed by atoms with Gasteiger partial charge in [-0.15, -0.1) is 0 Å². The maximum atomic E-state index is 11.7. The van der Waals surface area contributed by atoms with Crippen LogP contribution in [0, 0.1) is 0 Å². The smallest absolute Gasteiger partial charge is 0.262 e. The van der Waals surface area contributed by atoms with E-state index in [1.54, 1.807) is 30.3 Å². The summed E-state index contributed by atoms with van der Waals surface area (Å²) >= 11 is 0. The van der Waals surface area contributed by atoms with Gasteiger partial charge in [0.25, 0.3) is 17.4 Å². The van der Waals surface area contributed by atoms with Gasteiger partial charge in [0, 0.05) is 18.3 Å². The van der Waals surface area contributed by atoms with Crippen LogP contribution in [0.2, 0.25) is 0 Å². The highest BCUT2D eigenvalue weighted by atomic mass is 16.5. The van der Waals surface area contributed by atoms with Crippen molar-refractivity contribution in [3.05, 3.63) is 70.7 Å². The monoisotopic (exact) mass is 341 g/mol. The van der Waals surface area contributed by atoms with Crippen LogP contribution < -0.4 is 21.1 Å². The largest absolute Gasteiger partial charge is 0.494 e. The second kappa shape index (κ2) is 9.07. The van der Waals surface area contributed by atoms with E-state index in [4.69, 9.17) is 4.74 Å². The summed E-state index contributed by atoms with van der Waals surface area (Å²) in [5.41, 5.74) is 5.04. The summed E-state index contributed by atoms with van der Waals surface area (Å²) in [6.45, 7) is 2.32. The zero-order valence-electron chi connectivity index (χ0n) is 13.8. The molecule has 7 nitrogen and oxygen atoms in total. The summed E-state index contributed by atoms with van der Waals surface area (Å²) in [5, 5.41) is 0. The highest BCUT2D eigenvalue weighted by Crippen LogP contribution is 2.12. The Bertz CT molecular complexity index is 810. The first-order valence-electron chi connectivity index (χ1n) is 7.73. The second-order valence-corrected chi connectivity index (χ2v) is 5.04. The van der Waals surface area contributed by atoms with Gasteiger partial charge in [0.05, 0.1) is 6.61 Å². The number of aromatic nitrogens is 1. The number of pyridine rings is 1. The highest BCUT2D eigenvalue weighted by Gasteiger charge is 2.04. The number of hydrogen-bond donors (Lipinski definition) is 2. The molecule has 2 N–H and O–H groups in total. The first-order chi connectivity index (χ1) is 12.1. The predicted octanol–water partition coefficient (Wildman–Crippen LogP) is 1.11. The molecular weight excluding hydrogens is 322 g/mol. The van der Waals surface area contributed by atoms with Gasteiger partial charge in [-0.05, 0) is 36.8 Å². The van der Waals surface area contributed by atoms with Crippen LogP contribution in [0.4, 0.5) is 0 Å². The van der Waals surface area contributed by atoms with Gasteiger partial charge in [0.1, 0.15) is 12.3 Å². The van der Waals surface area contributed by atoms with E-state index in [0.29, 0.717) is 6.61 Å². The molecule has 2 aromatic rings. The quantitative estimate of drug-likeness (QED) is 0.608. The summed E-state index contributed by atoms with van der Waals surface area (Å²) in [4.78, 5) is 34.9. The van der Waals surface area contributed by atoms with Crippen molar-refractivity contribution in [2.24, 2.45) is 0 Å². The fraction of sp³-hybridized carbons (Fsp3) is 0.167. The molecule has 0 unspecified atom stereocenters. The fourth-order valence-corrected chi connectivity index (χ4v) is 1.97. The third-order valence-electron chi connectivity index (χ3n) is 3.16. The molecule has 130 valence electrons. The number of ether oxygens (including phenoxy) is 1. The average Bonchev–Trinajstić information content (AvgIpc) is 2.61. The number of carbonyl (C=O) groups excluding carboxylic acids is 2. The normalized spacial score (nSPS) is 10.4. The van der Waals surface area contributed by atoms with Crippen molar-refractivity contribution >= 4 is 17.9 Å². The van der Waals surface area contributed by atoms with Gasteiger partial charge in [-0.3, -0.25) is 25.2 Å². The molecule has 0 radical (unpaired) electrons. The highest BCUT2D eigenvalue weighted by molar-refractivity contribution is 5.93. The number of benzene rings is 1. The molecule has 0 saturated heterocycles. The Kier molecular flexibility index (Phi) is 6.53. The summed E-state index contributed by atoms with van der Waals surface area (Å²) in [5.74, 6) is -0.230. The van der Waals surface area contributed by atoms with Gasteiger partial charge in [0.15, 0.2) is 0 Å². The van der Waals surface area contributed by atoms with Crippen LogP contribution in [-0.2, 0) is 16.1 Å². The third kappa shape index (κ3) is 5.98. The molecule has 2 rings (SSSR count). The van der Waals surface area contributed by atoms with Crippen molar-refractivity contribution in [3.8, 4) is 5.75 Å². The number of rotatable bonds is 6. The minimum Gasteiger partial charge on any atom is -0.494 e. The van der Waals surface area contributed by atoms with Gasteiger partial charge in [-0.25, -0.2) is 0 Å². The standard InChI is InChI=1S/C18H19N3O4/c1-2-25-15-9-6-14(7-10-15)8-11-16(22)19-20-17(23)13-21-12-4-3-5-18(21)24/h3-12H,2,13H2,1H3,(H,19,22)(H,20,23)/b11-8+. The molecule has 0 saturated carbocycles. The lowest BCUT2D eigenvalue weighted by atomic mass is 10.2.